The summed E-state index contributed by atoms with van der Waals surface area (Å²) in [7, 11) is -2.48. The molecule has 3 aromatic carbocycles. The van der Waals surface area contributed by atoms with Gasteiger partial charge in [-0.15, -0.1) is 0 Å². The summed E-state index contributed by atoms with van der Waals surface area (Å²) in [4.78, 5) is 28.0. The number of hydrogen-bond acceptors (Lipinski definition) is 7. The van der Waals surface area contributed by atoms with E-state index in [-0.39, 0.29) is 21.9 Å². The van der Waals surface area contributed by atoms with Crippen LogP contribution in [-0.2, 0) is 14.8 Å². The minimum Gasteiger partial charge on any atom is -0.503 e. The van der Waals surface area contributed by atoms with Gasteiger partial charge < -0.3 is 14.3 Å². The van der Waals surface area contributed by atoms with Crippen LogP contribution in [0.3, 0.4) is 0 Å². The van der Waals surface area contributed by atoms with Crippen molar-refractivity contribution in [1.82, 2.24) is 0 Å². The van der Waals surface area contributed by atoms with Crippen molar-refractivity contribution >= 4 is 38.4 Å². The van der Waals surface area contributed by atoms with E-state index in [0.717, 1.165) is 0 Å². The number of nitrogens with two attached hydrogens (primary N) is 1. The summed E-state index contributed by atoms with van der Waals surface area (Å²) in [5.41, 5.74) is 1.04. The number of furan rings is 1. The van der Waals surface area contributed by atoms with Crippen molar-refractivity contribution in [3.63, 3.8) is 0 Å². The molecule has 4 aromatic rings. The smallest absolute Gasteiger partial charge is 0.294 e. The molecule has 36 heavy (non-hydrogen) atoms. The molecular weight excluding hydrogens is 484 g/mol. The maximum Gasteiger partial charge on any atom is 0.294 e. The van der Waals surface area contributed by atoms with Gasteiger partial charge in [0.15, 0.2) is 11.5 Å². The largest absolute Gasteiger partial charge is 0.503 e. The molecule has 1 aliphatic rings. The number of Topliss-reactive ketones (excluding diaryl/α,β-unsaturated/α-hetero) is 1. The second-order valence-corrected chi connectivity index (χ2v) is 9.69. The monoisotopic (exact) mass is 504 g/mol. The predicted octanol–water partition coefficient (Wildman–Crippen LogP) is 3.87. The molecule has 182 valence electrons. The van der Waals surface area contributed by atoms with E-state index >= 15 is 0 Å². The molecule has 0 aliphatic carbocycles. The van der Waals surface area contributed by atoms with Crippen LogP contribution in [0.4, 0.5) is 5.69 Å². The van der Waals surface area contributed by atoms with Gasteiger partial charge in [-0.05, 0) is 54.1 Å². The fourth-order valence-corrected chi connectivity index (χ4v) is 4.77. The van der Waals surface area contributed by atoms with E-state index in [4.69, 9.17) is 14.3 Å². The van der Waals surface area contributed by atoms with Crippen molar-refractivity contribution in [3.8, 4) is 5.75 Å². The zero-order valence-electron chi connectivity index (χ0n) is 18.9. The molecule has 5 rings (SSSR count). The third kappa shape index (κ3) is 3.92. The Bertz CT molecular complexity index is 1620. The molecular formula is C26H20N2O7S. The predicted molar refractivity (Wildman–Crippen MR) is 131 cm³/mol. The molecule has 2 heterocycles. The van der Waals surface area contributed by atoms with E-state index in [1.54, 1.807) is 54.6 Å². The van der Waals surface area contributed by atoms with Gasteiger partial charge in [0, 0.05) is 11.1 Å². The Balaban J connectivity index is 1.66. The summed E-state index contributed by atoms with van der Waals surface area (Å²) >= 11 is 0. The van der Waals surface area contributed by atoms with Crippen LogP contribution >= 0.6 is 0 Å². The average Bonchev–Trinajstić information content (AvgIpc) is 3.42. The van der Waals surface area contributed by atoms with Gasteiger partial charge in [0.1, 0.15) is 11.3 Å². The van der Waals surface area contributed by atoms with E-state index in [1.165, 1.54) is 36.3 Å². The van der Waals surface area contributed by atoms with Crippen LogP contribution in [0.2, 0.25) is 0 Å². The number of anilines is 1. The summed E-state index contributed by atoms with van der Waals surface area (Å²) in [6.45, 7) is 0. The first-order chi connectivity index (χ1) is 17.2. The number of rotatable bonds is 6. The molecule has 1 aromatic heterocycles. The van der Waals surface area contributed by atoms with Crippen molar-refractivity contribution in [2.24, 2.45) is 5.14 Å². The first-order valence-corrected chi connectivity index (χ1v) is 12.3. The highest BCUT2D eigenvalue weighted by molar-refractivity contribution is 7.89. The zero-order chi connectivity index (χ0) is 25.6. The minimum atomic E-state index is -3.96. The van der Waals surface area contributed by atoms with Gasteiger partial charge in [-0.2, -0.15) is 0 Å². The fourth-order valence-electron chi connectivity index (χ4n) is 4.25. The van der Waals surface area contributed by atoms with Crippen LogP contribution in [-0.4, -0.2) is 32.3 Å². The second kappa shape index (κ2) is 8.67. The summed E-state index contributed by atoms with van der Waals surface area (Å²) in [5, 5.41) is 16.8. The van der Waals surface area contributed by atoms with Crippen LogP contribution in [0.1, 0.15) is 22.2 Å². The molecule has 1 unspecified atom stereocenters. The normalized spacial score (nSPS) is 16.1. The summed E-state index contributed by atoms with van der Waals surface area (Å²) < 4.78 is 34.4. The molecule has 0 fully saturated rings. The maximum absolute atomic E-state index is 13.7. The fraction of sp³-hybridized carbons (Fsp3) is 0.0769. The van der Waals surface area contributed by atoms with Gasteiger partial charge >= 0.3 is 0 Å². The van der Waals surface area contributed by atoms with Crippen LogP contribution in [0.25, 0.3) is 11.0 Å². The number of ketones is 1. The molecule has 0 saturated heterocycles. The Morgan fingerprint density at radius 3 is 2.42 bits per heavy atom. The molecule has 9 nitrogen and oxygen atoms in total. The molecule has 1 amide bonds. The lowest BCUT2D eigenvalue weighted by molar-refractivity contribution is -0.117. The SMILES string of the molecule is COc1cccc(C2C(C(=O)c3cc4ccccc4o3)=C(O)C(=O)N2c2ccc(S(N)(=O)=O)cc2)c1. The van der Waals surface area contributed by atoms with Crippen molar-refractivity contribution in [3.05, 3.63) is 102 Å². The van der Waals surface area contributed by atoms with Crippen LogP contribution < -0.4 is 14.8 Å². The Morgan fingerprint density at radius 1 is 1.03 bits per heavy atom. The van der Waals surface area contributed by atoms with E-state index in [2.05, 4.69) is 0 Å². The average molecular weight is 505 g/mol. The van der Waals surface area contributed by atoms with Gasteiger partial charge in [-0.3, -0.25) is 14.5 Å². The van der Waals surface area contributed by atoms with Gasteiger partial charge in [0.2, 0.25) is 15.8 Å². The Hall–Kier alpha value is -4.41. The number of fused-ring (bicyclic) bond motifs is 1. The highest BCUT2D eigenvalue weighted by Crippen LogP contribution is 2.43. The lowest BCUT2D eigenvalue weighted by atomic mass is 9.94. The van der Waals surface area contributed by atoms with Gasteiger partial charge in [0.25, 0.3) is 5.91 Å². The van der Waals surface area contributed by atoms with Gasteiger partial charge in [0.05, 0.1) is 23.6 Å². The number of nitrogens with zero attached hydrogens (tertiary/aromatic N) is 1. The van der Waals surface area contributed by atoms with Crippen LogP contribution in [0.5, 0.6) is 5.75 Å². The van der Waals surface area contributed by atoms with E-state index in [1.807, 2.05) is 0 Å². The van der Waals surface area contributed by atoms with Crippen LogP contribution in [0, 0.1) is 0 Å². The number of carbonyl (C=O) groups excluding carboxylic acids is 2. The van der Waals surface area contributed by atoms with Gasteiger partial charge in [-0.25, -0.2) is 13.6 Å². The molecule has 0 radical (unpaired) electrons. The Labute approximate surface area is 206 Å². The molecule has 0 bridgehead atoms. The second-order valence-electron chi connectivity index (χ2n) is 8.13. The van der Waals surface area contributed by atoms with Crippen molar-refractivity contribution in [2.75, 3.05) is 12.0 Å². The summed E-state index contributed by atoms with van der Waals surface area (Å²) in [6.07, 6.45) is 0. The van der Waals surface area contributed by atoms with Crippen molar-refractivity contribution in [2.45, 2.75) is 10.9 Å². The number of hydrogen-bond donors (Lipinski definition) is 2. The molecule has 0 spiro atoms. The number of aliphatic hydroxyl groups excluding tert-OH is 1. The van der Waals surface area contributed by atoms with E-state index in [9.17, 15) is 23.1 Å². The first-order valence-electron chi connectivity index (χ1n) is 10.8. The minimum absolute atomic E-state index is 0.0372. The number of carbonyl (C=O) groups is 2. The quantitative estimate of drug-likeness (QED) is 0.380. The zero-order valence-corrected chi connectivity index (χ0v) is 19.7. The molecule has 1 atom stereocenters. The van der Waals surface area contributed by atoms with Crippen molar-refractivity contribution in [1.29, 1.82) is 0 Å². The van der Waals surface area contributed by atoms with Crippen molar-refractivity contribution < 1.29 is 32.3 Å². The summed E-state index contributed by atoms with van der Waals surface area (Å²) in [5.74, 6) is -1.78. The number of amides is 1. The Morgan fingerprint density at radius 2 is 1.75 bits per heavy atom. The van der Waals surface area contributed by atoms with Crippen LogP contribution in [0.15, 0.2) is 99.5 Å². The number of methoxy groups -OCH3 is 1. The maximum atomic E-state index is 13.7. The molecule has 3 N–H and O–H groups in total. The standard InChI is InChI=1S/C26H20N2O7S/c1-34-18-7-4-6-16(13-18)23-22(24(29)21-14-15-5-2-3-8-20(15)35-21)25(30)26(31)28(23)17-9-11-19(12-10-17)36(27,32)33/h2-14,23,30H,1H3,(H2,27,32,33). The number of benzene rings is 3. The van der Waals surface area contributed by atoms with Gasteiger partial charge in [-0.1, -0.05) is 30.3 Å². The lowest BCUT2D eigenvalue weighted by Gasteiger charge is -2.27. The number of sulfonamides is 1. The third-order valence-electron chi connectivity index (χ3n) is 5.96. The third-order valence-corrected chi connectivity index (χ3v) is 6.88. The number of para-hydroxylation sites is 1. The number of ether oxygens (including phenoxy) is 1. The molecule has 1 aliphatic heterocycles. The Kier molecular flexibility index (Phi) is 5.62. The topological polar surface area (TPSA) is 140 Å². The highest BCUT2D eigenvalue weighted by Gasteiger charge is 2.45. The highest BCUT2D eigenvalue weighted by atomic mass is 32.2. The number of aliphatic hydroxyl groups is 1. The summed E-state index contributed by atoms with van der Waals surface area (Å²) in [6, 6.07) is 19.5. The molecule has 10 heteroatoms. The van der Waals surface area contributed by atoms with E-state index < -0.39 is 33.5 Å². The lowest BCUT2D eigenvalue weighted by Crippen LogP contribution is -2.31. The first kappa shape index (κ1) is 23.3. The molecule has 0 saturated carbocycles. The number of primary sulfonamides is 1. The van der Waals surface area contributed by atoms with E-state index in [0.29, 0.717) is 22.3 Å².